The van der Waals surface area contributed by atoms with Crippen molar-refractivity contribution in [3.63, 3.8) is 0 Å². The molecule has 2 nitrogen and oxygen atoms in total. The van der Waals surface area contributed by atoms with E-state index in [9.17, 15) is 4.79 Å². The summed E-state index contributed by atoms with van der Waals surface area (Å²) in [5.74, 6) is 0.677. The van der Waals surface area contributed by atoms with Gasteiger partial charge >= 0.3 is 0 Å². The van der Waals surface area contributed by atoms with Crippen LogP contribution in [0.2, 0.25) is 0 Å². The highest BCUT2D eigenvalue weighted by Crippen LogP contribution is 2.31. The Morgan fingerprint density at radius 3 is 2.43 bits per heavy atom. The second-order valence-corrected chi connectivity index (χ2v) is 4.06. The monoisotopic (exact) mass is 256 g/mol. The molecule has 0 radical (unpaired) electrons. The maximum atomic E-state index is 11.4. The number of benzene rings is 1. The molecule has 0 spiro atoms. The highest BCUT2D eigenvalue weighted by atomic mass is 79.9. The third-order valence-electron chi connectivity index (χ3n) is 2.22. The zero-order valence-electron chi connectivity index (χ0n) is 8.77. The van der Waals surface area contributed by atoms with E-state index in [1.165, 1.54) is 0 Å². The Bertz CT molecular complexity index is 383. The molecular formula is C11H13BrO2. The van der Waals surface area contributed by atoms with E-state index in [0.717, 1.165) is 15.6 Å². The molecule has 1 aromatic rings. The number of carbonyl (C=O) groups excluding carboxylic acids is 1. The van der Waals surface area contributed by atoms with Crippen LogP contribution < -0.4 is 4.74 Å². The minimum absolute atomic E-state index is 0.0278. The first-order chi connectivity index (χ1) is 6.49. The number of Topliss-reactive ketones (excluding diaryl/α,β-unsaturated/α-hetero) is 1. The van der Waals surface area contributed by atoms with Gasteiger partial charge in [0.25, 0.3) is 0 Å². The van der Waals surface area contributed by atoms with Crippen molar-refractivity contribution in [2.75, 3.05) is 7.11 Å². The van der Waals surface area contributed by atoms with Crippen LogP contribution in [0, 0.1) is 13.8 Å². The molecule has 1 aromatic carbocycles. The van der Waals surface area contributed by atoms with Gasteiger partial charge in [-0.1, -0.05) is 15.9 Å². The van der Waals surface area contributed by atoms with E-state index in [1.807, 2.05) is 19.9 Å². The molecule has 0 aliphatic rings. The van der Waals surface area contributed by atoms with Gasteiger partial charge in [-0.05, 0) is 38.0 Å². The van der Waals surface area contributed by atoms with E-state index < -0.39 is 0 Å². The topological polar surface area (TPSA) is 26.3 Å². The number of aryl methyl sites for hydroxylation is 1. The van der Waals surface area contributed by atoms with Gasteiger partial charge in [0.05, 0.1) is 12.7 Å². The number of hydrogen-bond donors (Lipinski definition) is 0. The van der Waals surface area contributed by atoms with E-state index in [4.69, 9.17) is 4.74 Å². The summed E-state index contributed by atoms with van der Waals surface area (Å²) in [5.41, 5.74) is 2.67. The number of ether oxygens (including phenoxy) is 1. The lowest BCUT2D eigenvalue weighted by Gasteiger charge is -2.12. The van der Waals surface area contributed by atoms with Crippen LogP contribution in [-0.2, 0) is 0 Å². The number of methoxy groups -OCH3 is 1. The lowest BCUT2D eigenvalue weighted by molar-refractivity contribution is 0.101. The first kappa shape index (κ1) is 11.2. The van der Waals surface area contributed by atoms with Gasteiger partial charge < -0.3 is 4.74 Å². The minimum atomic E-state index is 0.0278. The van der Waals surface area contributed by atoms with E-state index in [0.29, 0.717) is 11.3 Å². The van der Waals surface area contributed by atoms with Crippen molar-refractivity contribution in [2.24, 2.45) is 0 Å². The van der Waals surface area contributed by atoms with Gasteiger partial charge in [0.15, 0.2) is 5.78 Å². The molecule has 0 aliphatic heterocycles. The van der Waals surface area contributed by atoms with E-state index in [1.54, 1.807) is 14.0 Å². The van der Waals surface area contributed by atoms with Crippen LogP contribution in [0.1, 0.15) is 28.4 Å². The molecule has 0 aromatic heterocycles. The lowest BCUT2D eigenvalue weighted by atomic mass is 10.0. The number of carbonyl (C=O) groups is 1. The summed E-state index contributed by atoms with van der Waals surface area (Å²) >= 11 is 3.45. The van der Waals surface area contributed by atoms with Crippen LogP contribution in [0.5, 0.6) is 5.75 Å². The third-order valence-corrected chi connectivity index (χ3v) is 3.44. The van der Waals surface area contributed by atoms with Crippen LogP contribution in [-0.4, -0.2) is 12.9 Å². The molecular weight excluding hydrogens is 244 g/mol. The maximum Gasteiger partial charge on any atom is 0.163 e. The van der Waals surface area contributed by atoms with Crippen molar-refractivity contribution in [1.29, 1.82) is 0 Å². The summed E-state index contributed by atoms with van der Waals surface area (Å²) in [5, 5.41) is 0. The van der Waals surface area contributed by atoms with Gasteiger partial charge in [0.2, 0.25) is 0 Å². The Kier molecular flexibility index (Phi) is 3.32. The lowest BCUT2D eigenvalue weighted by Crippen LogP contribution is -2.02. The second kappa shape index (κ2) is 4.13. The standard InChI is InChI=1S/C11H13BrO2/c1-6-5-9(14-4)10(8(3)13)7(2)11(6)12/h5H,1-4H3. The fraction of sp³-hybridized carbons (Fsp3) is 0.364. The summed E-state index contributed by atoms with van der Waals surface area (Å²) in [4.78, 5) is 11.4. The fourth-order valence-electron chi connectivity index (χ4n) is 1.52. The average molecular weight is 257 g/mol. The zero-order valence-corrected chi connectivity index (χ0v) is 10.4. The number of halogens is 1. The van der Waals surface area contributed by atoms with Crippen LogP contribution >= 0.6 is 15.9 Å². The van der Waals surface area contributed by atoms with E-state index >= 15 is 0 Å². The van der Waals surface area contributed by atoms with Crippen molar-refractivity contribution >= 4 is 21.7 Å². The Balaban J connectivity index is 3.53. The van der Waals surface area contributed by atoms with E-state index in [-0.39, 0.29) is 5.78 Å². The minimum Gasteiger partial charge on any atom is -0.496 e. The third kappa shape index (κ3) is 1.82. The molecule has 14 heavy (non-hydrogen) atoms. The van der Waals surface area contributed by atoms with E-state index in [2.05, 4.69) is 15.9 Å². The SMILES string of the molecule is COc1cc(C)c(Br)c(C)c1C(C)=O. The van der Waals surface area contributed by atoms with Gasteiger partial charge in [0, 0.05) is 4.47 Å². The molecule has 0 saturated heterocycles. The average Bonchev–Trinajstić information content (AvgIpc) is 2.12. The summed E-state index contributed by atoms with van der Waals surface area (Å²) in [6, 6.07) is 1.87. The van der Waals surface area contributed by atoms with Crippen molar-refractivity contribution in [3.05, 3.63) is 27.2 Å². The number of hydrogen-bond acceptors (Lipinski definition) is 2. The van der Waals surface area contributed by atoms with Crippen LogP contribution in [0.25, 0.3) is 0 Å². The summed E-state index contributed by atoms with van der Waals surface area (Å²) < 4.78 is 6.16. The smallest absolute Gasteiger partial charge is 0.163 e. The second-order valence-electron chi connectivity index (χ2n) is 3.27. The Morgan fingerprint density at radius 1 is 1.43 bits per heavy atom. The van der Waals surface area contributed by atoms with Crippen LogP contribution in [0.15, 0.2) is 10.5 Å². The Morgan fingerprint density at radius 2 is 2.00 bits per heavy atom. The van der Waals surface area contributed by atoms with Crippen molar-refractivity contribution in [1.82, 2.24) is 0 Å². The van der Waals surface area contributed by atoms with Crippen molar-refractivity contribution in [2.45, 2.75) is 20.8 Å². The molecule has 0 fully saturated rings. The van der Waals surface area contributed by atoms with Gasteiger partial charge in [-0.2, -0.15) is 0 Å². The molecule has 0 heterocycles. The molecule has 0 amide bonds. The normalized spacial score (nSPS) is 10.1. The molecule has 1 rings (SSSR count). The molecule has 0 saturated carbocycles. The quantitative estimate of drug-likeness (QED) is 0.760. The largest absolute Gasteiger partial charge is 0.496 e. The Hall–Kier alpha value is -0.830. The highest BCUT2D eigenvalue weighted by molar-refractivity contribution is 9.10. The zero-order chi connectivity index (χ0) is 10.9. The number of ketones is 1. The highest BCUT2D eigenvalue weighted by Gasteiger charge is 2.15. The fourth-order valence-corrected chi connectivity index (χ4v) is 1.83. The van der Waals surface area contributed by atoms with Crippen LogP contribution in [0.4, 0.5) is 0 Å². The summed E-state index contributed by atoms with van der Waals surface area (Å²) in [6.07, 6.45) is 0. The van der Waals surface area contributed by atoms with Gasteiger partial charge in [-0.25, -0.2) is 0 Å². The first-order valence-corrected chi connectivity index (χ1v) is 5.13. The maximum absolute atomic E-state index is 11.4. The van der Waals surface area contributed by atoms with Gasteiger partial charge in [-0.3, -0.25) is 4.79 Å². The first-order valence-electron chi connectivity index (χ1n) is 4.33. The molecule has 0 bridgehead atoms. The molecule has 0 unspecified atom stereocenters. The molecule has 0 N–H and O–H groups in total. The predicted octanol–water partition coefficient (Wildman–Crippen LogP) is 3.28. The molecule has 76 valence electrons. The van der Waals surface area contributed by atoms with Gasteiger partial charge in [-0.15, -0.1) is 0 Å². The molecule has 0 aliphatic carbocycles. The number of rotatable bonds is 2. The summed E-state index contributed by atoms with van der Waals surface area (Å²) in [7, 11) is 1.58. The Labute approximate surface area is 92.4 Å². The van der Waals surface area contributed by atoms with Crippen molar-refractivity contribution < 1.29 is 9.53 Å². The molecule has 0 atom stereocenters. The van der Waals surface area contributed by atoms with Crippen LogP contribution in [0.3, 0.4) is 0 Å². The predicted molar refractivity (Wildman–Crippen MR) is 60.2 cm³/mol. The summed E-state index contributed by atoms with van der Waals surface area (Å²) in [6.45, 7) is 5.44. The molecule has 3 heteroatoms. The van der Waals surface area contributed by atoms with Crippen molar-refractivity contribution in [3.8, 4) is 5.75 Å². The van der Waals surface area contributed by atoms with Gasteiger partial charge in [0.1, 0.15) is 5.75 Å².